The van der Waals surface area contributed by atoms with Gasteiger partial charge in [-0.1, -0.05) is 0 Å². The minimum Gasteiger partial charge on any atom is -0.468 e. The first-order valence-electron chi connectivity index (χ1n) is 6.12. The van der Waals surface area contributed by atoms with Crippen molar-refractivity contribution in [3.8, 4) is 0 Å². The summed E-state index contributed by atoms with van der Waals surface area (Å²) in [5, 5.41) is 3.62. The molecule has 0 unspecified atom stereocenters. The molecule has 3 nitrogen and oxygen atoms in total. The zero-order valence-corrected chi connectivity index (χ0v) is 10.1. The second-order valence-electron chi connectivity index (χ2n) is 4.61. The van der Waals surface area contributed by atoms with Gasteiger partial charge in [0.05, 0.1) is 18.4 Å². The Morgan fingerprint density at radius 1 is 1.38 bits per heavy atom. The Balaban J connectivity index is 1.78. The number of hydrogen-bond acceptors (Lipinski definition) is 3. The third-order valence-corrected chi connectivity index (χ3v) is 3.46. The lowest BCUT2D eigenvalue weighted by molar-refractivity contribution is 0.0610. The third-order valence-electron chi connectivity index (χ3n) is 3.46. The van der Waals surface area contributed by atoms with Crippen molar-refractivity contribution in [2.24, 2.45) is 0 Å². The molecule has 16 heavy (non-hydrogen) atoms. The summed E-state index contributed by atoms with van der Waals surface area (Å²) < 4.78 is 10.8. The van der Waals surface area contributed by atoms with E-state index in [1.54, 1.807) is 6.26 Å². The van der Waals surface area contributed by atoms with Crippen LogP contribution in [0.5, 0.6) is 0 Å². The van der Waals surface area contributed by atoms with Crippen molar-refractivity contribution in [1.82, 2.24) is 5.32 Å². The van der Waals surface area contributed by atoms with Gasteiger partial charge >= 0.3 is 0 Å². The van der Waals surface area contributed by atoms with E-state index in [1.807, 2.05) is 19.2 Å². The summed E-state index contributed by atoms with van der Waals surface area (Å²) in [5.74, 6) is 1.02. The van der Waals surface area contributed by atoms with Gasteiger partial charge in [0.2, 0.25) is 0 Å². The highest BCUT2D eigenvalue weighted by atomic mass is 16.5. The molecule has 0 aromatic carbocycles. The lowest BCUT2D eigenvalue weighted by Gasteiger charge is -2.30. The summed E-state index contributed by atoms with van der Waals surface area (Å²) in [6.45, 7) is 2.15. The summed E-state index contributed by atoms with van der Waals surface area (Å²) in [5.41, 5.74) is 0. The summed E-state index contributed by atoms with van der Waals surface area (Å²) in [6, 6.07) is 4.87. The van der Waals surface area contributed by atoms with Gasteiger partial charge in [-0.15, -0.1) is 0 Å². The number of hydrogen-bond donors (Lipinski definition) is 1. The molecule has 2 rings (SSSR count). The van der Waals surface area contributed by atoms with Crippen LogP contribution in [0.3, 0.4) is 0 Å². The van der Waals surface area contributed by atoms with Gasteiger partial charge in [-0.2, -0.15) is 0 Å². The molecule has 0 radical (unpaired) electrons. The largest absolute Gasteiger partial charge is 0.468 e. The SMILES string of the molecule is COC1CCC(N[C@@H](C)c2ccco2)CC1. The highest BCUT2D eigenvalue weighted by Crippen LogP contribution is 2.23. The van der Waals surface area contributed by atoms with Gasteiger partial charge in [-0.25, -0.2) is 0 Å². The van der Waals surface area contributed by atoms with Crippen LogP contribution >= 0.6 is 0 Å². The van der Waals surface area contributed by atoms with E-state index in [0.717, 1.165) is 5.76 Å². The van der Waals surface area contributed by atoms with Gasteiger partial charge in [0.1, 0.15) is 5.76 Å². The van der Waals surface area contributed by atoms with Crippen molar-refractivity contribution in [2.45, 2.75) is 50.8 Å². The fourth-order valence-electron chi connectivity index (χ4n) is 2.44. The van der Waals surface area contributed by atoms with Crippen LogP contribution < -0.4 is 5.32 Å². The predicted molar refractivity (Wildman–Crippen MR) is 63.3 cm³/mol. The first-order valence-corrected chi connectivity index (χ1v) is 6.12. The Bertz CT molecular complexity index is 289. The van der Waals surface area contributed by atoms with E-state index < -0.39 is 0 Å². The van der Waals surface area contributed by atoms with Gasteiger partial charge in [0, 0.05) is 13.2 Å². The molecule has 1 N–H and O–H groups in total. The van der Waals surface area contributed by atoms with E-state index in [1.165, 1.54) is 25.7 Å². The van der Waals surface area contributed by atoms with Crippen LogP contribution in [0.1, 0.15) is 44.4 Å². The number of methoxy groups -OCH3 is 1. The van der Waals surface area contributed by atoms with E-state index >= 15 is 0 Å². The van der Waals surface area contributed by atoms with Crippen molar-refractivity contribution >= 4 is 0 Å². The molecular weight excluding hydrogens is 202 g/mol. The molecule has 0 amide bonds. The second-order valence-corrected chi connectivity index (χ2v) is 4.61. The van der Waals surface area contributed by atoms with E-state index in [-0.39, 0.29) is 0 Å². The first-order chi connectivity index (χ1) is 7.79. The average Bonchev–Trinajstić information content (AvgIpc) is 2.83. The molecule has 1 atom stereocenters. The molecule has 90 valence electrons. The van der Waals surface area contributed by atoms with Crippen molar-refractivity contribution in [3.63, 3.8) is 0 Å². The Hall–Kier alpha value is -0.800. The Morgan fingerprint density at radius 3 is 2.69 bits per heavy atom. The maximum absolute atomic E-state index is 5.39. The first kappa shape index (κ1) is 11.7. The molecule has 0 saturated heterocycles. The van der Waals surface area contributed by atoms with Gasteiger partial charge < -0.3 is 14.5 Å². The van der Waals surface area contributed by atoms with Gasteiger partial charge in [-0.05, 0) is 44.7 Å². The number of nitrogens with one attached hydrogen (secondary N) is 1. The summed E-state index contributed by atoms with van der Waals surface area (Å²) >= 11 is 0. The van der Waals surface area contributed by atoms with Gasteiger partial charge in [-0.3, -0.25) is 0 Å². The molecule has 1 aromatic rings. The van der Waals surface area contributed by atoms with Crippen LogP contribution in [0.4, 0.5) is 0 Å². The van der Waals surface area contributed by atoms with Gasteiger partial charge in [0.15, 0.2) is 0 Å². The van der Waals surface area contributed by atoms with E-state index in [0.29, 0.717) is 18.2 Å². The Morgan fingerprint density at radius 2 is 2.12 bits per heavy atom. The van der Waals surface area contributed by atoms with Crippen LogP contribution in [-0.2, 0) is 4.74 Å². The quantitative estimate of drug-likeness (QED) is 0.852. The smallest absolute Gasteiger partial charge is 0.120 e. The summed E-state index contributed by atoms with van der Waals surface area (Å²) in [6.07, 6.45) is 6.93. The minimum atomic E-state index is 0.305. The van der Waals surface area contributed by atoms with Crippen LogP contribution in [-0.4, -0.2) is 19.3 Å². The highest BCUT2D eigenvalue weighted by Gasteiger charge is 2.22. The van der Waals surface area contributed by atoms with E-state index in [4.69, 9.17) is 9.15 Å². The van der Waals surface area contributed by atoms with Gasteiger partial charge in [0.25, 0.3) is 0 Å². The zero-order chi connectivity index (χ0) is 11.4. The molecule has 1 heterocycles. The molecule has 1 aliphatic carbocycles. The minimum absolute atomic E-state index is 0.305. The van der Waals surface area contributed by atoms with Crippen molar-refractivity contribution in [1.29, 1.82) is 0 Å². The maximum Gasteiger partial charge on any atom is 0.120 e. The Labute approximate surface area is 97.2 Å². The molecule has 1 fully saturated rings. The van der Waals surface area contributed by atoms with E-state index in [9.17, 15) is 0 Å². The fraction of sp³-hybridized carbons (Fsp3) is 0.692. The molecule has 0 spiro atoms. The fourth-order valence-corrected chi connectivity index (χ4v) is 2.44. The van der Waals surface area contributed by atoms with Crippen LogP contribution in [0.15, 0.2) is 22.8 Å². The maximum atomic E-state index is 5.39. The van der Waals surface area contributed by atoms with Crippen molar-refractivity contribution in [2.75, 3.05) is 7.11 Å². The lowest BCUT2D eigenvalue weighted by atomic mass is 9.92. The zero-order valence-electron chi connectivity index (χ0n) is 10.1. The predicted octanol–water partition coefficient (Wildman–Crippen LogP) is 2.89. The number of ether oxygens (including phenoxy) is 1. The molecule has 1 aromatic heterocycles. The average molecular weight is 223 g/mol. The van der Waals surface area contributed by atoms with E-state index in [2.05, 4.69) is 12.2 Å². The lowest BCUT2D eigenvalue weighted by Crippen LogP contribution is -2.36. The monoisotopic (exact) mass is 223 g/mol. The summed E-state index contributed by atoms with van der Waals surface area (Å²) in [4.78, 5) is 0. The molecule has 1 saturated carbocycles. The van der Waals surface area contributed by atoms with Crippen LogP contribution in [0, 0.1) is 0 Å². The standard InChI is InChI=1S/C13H21NO2/c1-10(13-4-3-9-16-13)14-11-5-7-12(15-2)8-6-11/h3-4,9-12,14H,5-8H2,1-2H3/t10-,11?,12?/m0/s1. The number of furan rings is 1. The Kier molecular flexibility index (Phi) is 4.02. The van der Waals surface area contributed by atoms with Crippen molar-refractivity contribution < 1.29 is 9.15 Å². The van der Waals surface area contributed by atoms with Crippen molar-refractivity contribution in [3.05, 3.63) is 24.2 Å². The van der Waals surface area contributed by atoms with Crippen LogP contribution in [0.25, 0.3) is 0 Å². The number of rotatable bonds is 4. The third kappa shape index (κ3) is 2.86. The van der Waals surface area contributed by atoms with Crippen LogP contribution in [0.2, 0.25) is 0 Å². The highest BCUT2D eigenvalue weighted by molar-refractivity contribution is 5.03. The summed E-state index contributed by atoms with van der Waals surface area (Å²) in [7, 11) is 1.81. The second kappa shape index (κ2) is 5.51. The molecule has 1 aliphatic rings. The normalized spacial score (nSPS) is 27.9. The molecule has 0 aliphatic heterocycles. The molecular formula is C13H21NO2. The topological polar surface area (TPSA) is 34.4 Å². The molecule has 0 bridgehead atoms. The molecule has 3 heteroatoms.